The maximum Gasteiger partial charge on any atom is 0.219 e. The van der Waals surface area contributed by atoms with Crippen molar-refractivity contribution in [3.8, 4) is 0 Å². The lowest BCUT2D eigenvalue weighted by Crippen LogP contribution is -2.36. The molecule has 4 heterocycles. The van der Waals surface area contributed by atoms with Gasteiger partial charge >= 0.3 is 0 Å². The van der Waals surface area contributed by atoms with E-state index in [1.807, 2.05) is 23.2 Å². The minimum absolute atomic E-state index is 0.178. The van der Waals surface area contributed by atoms with Crippen LogP contribution < -0.4 is 10.2 Å². The number of carbonyl (C=O) groups is 1. The molecule has 1 unspecified atom stereocenters. The molecule has 2 fully saturated rings. The highest BCUT2D eigenvalue weighted by molar-refractivity contribution is 5.73. The Hall–Kier alpha value is -2.63. The number of rotatable bonds is 4. The highest BCUT2D eigenvalue weighted by atomic mass is 16.2. The number of aryl methyl sites for hydroxylation is 1. The van der Waals surface area contributed by atoms with Crippen LogP contribution in [0.15, 0.2) is 30.5 Å². The Labute approximate surface area is 173 Å². The van der Waals surface area contributed by atoms with Crippen molar-refractivity contribution in [2.45, 2.75) is 58.4 Å². The summed E-state index contributed by atoms with van der Waals surface area (Å²) in [5, 5.41) is 3.42. The molecule has 0 radical (unpaired) electrons. The summed E-state index contributed by atoms with van der Waals surface area (Å²) in [5.41, 5.74) is 2.48. The topological polar surface area (TPSA) is 61.4 Å². The van der Waals surface area contributed by atoms with E-state index in [0.29, 0.717) is 12.0 Å². The highest BCUT2D eigenvalue weighted by Gasteiger charge is 2.26. The fourth-order valence-electron chi connectivity index (χ4n) is 4.52. The van der Waals surface area contributed by atoms with Crippen molar-refractivity contribution in [1.82, 2.24) is 14.9 Å². The number of pyridine rings is 2. The lowest BCUT2D eigenvalue weighted by Gasteiger charge is -2.32. The summed E-state index contributed by atoms with van der Waals surface area (Å²) >= 11 is 0. The van der Waals surface area contributed by atoms with Gasteiger partial charge in [-0.15, -0.1) is 0 Å². The van der Waals surface area contributed by atoms with E-state index in [2.05, 4.69) is 41.2 Å². The quantitative estimate of drug-likeness (QED) is 0.842. The summed E-state index contributed by atoms with van der Waals surface area (Å²) in [7, 11) is 0. The van der Waals surface area contributed by atoms with Crippen molar-refractivity contribution >= 4 is 23.4 Å². The SMILES string of the molecule is CC(=O)N1CCC(c2cc(Nc3cc(C)ccn3)nc(N3CCCC3C)c2)CC1. The van der Waals surface area contributed by atoms with Gasteiger partial charge in [-0.3, -0.25) is 4.79 Å². The average Bonchev–Trinajstić information content (AvgIpc) is 3.14. The van der Waals surface area contributed by atoms with Crippen LogP contribution in [0, 0.1) is 6.92 Å². The third-order valence-electron chi connectivity index (χ3n) is 6.26. The first-order valence-corrected chi connectivity index (χ1v) is 10.7. The maximum absolute atomic E-state index is 11.7. The van der Waals surface area contributed by atoms with E-state index in [0.717, 1.165) is 49.9 Å². The van der Waals surface area contributed by atoms with Crippen LogP contribution in [0.3, 0.4) is 0 Å². The molecule has 29 heavy (non-hydrogen) atoms. The van der Waals surface area contributed by atoms with Gasteiger partial charge in [-0.2, -0.15) is 0 Å². The van der Waals surface area contributed by atoms with E-state index in [4.69, 9.17) is 4.98 Å². The number of hydrogen-bond donors (Lipinski definition) is 1. The van der Waals surface area contributed by atoms with Crippen LogP contribution in [0.4, 0.5) is 17.5 Å². The lowest BCUT2D eigenvalue weighted by molar-refractivity contribution is -0.129. The Morgan fingerprint density at radius 1 is 1.10 bits per heavy atom. The molecule has 154 valence electrons. The molecule has 0 aliphatic carbocycles. The summed E-state index contributed by atoms with van der Waals surface area (Å²) in [6.45, 7) is 8.73. The van der Waals surface area contributed by atoms with E-state index < -0.39 is 0 Å². The molecular weight excluding hydrogens is 362 g/mol. The van der Waals surface area contributed by atoms with Crippen LogP contribution in [0.1, 0.15) is 56.6 Å². The molecule has 0 spiro atoms. The van der Waals surface area contributed by atoms with Crippen molar-refractivity contribution in [3.05, 3.63) is 41.6 Å². The smallest absolute Gasteiger partial charge is 0.219 e. The van der Waals surface area contributed by atoms with E-state index >= 15 is 0 Å². The Kier molecular flexibility index (Phi) is 5.69. The minimum atomic E-state index is 0.178. The molecule has 2 aromatic heterocycles. The molecule has 0 bridgehead atoms. The monoisotopic (exact) mass is 393 g/mol. The Morgan fingerprint density at radius 3 is 2.55 bits per heavy atom. The van der Waals surface area contributed by atoms with Gasteiger partial charge in [-0.05, 0) is 80.8 Å². The predicted molar refractivity (Wildman–Crippen MR) is 117 cm³/mol. The Balaban J connectivity index is 1.62. The van der Waals surface area contributed by atoms with E-state index in [-0.39, 0.29) is 5.91 Å². The zero-order valence-corrected chi connectivity index (χ0v) is 17.7. The Bertz CT molecular complexity index is 875. The molecule has 6 heteroatoms. The molecule has 2 aliphatic rings. The third-order valence-corrected chi connectivity index (χ3v) is 6.26. The van der Waals surface area contributed by atoms with Gasteiger partial charge in [0, 0.05) is 38.8 Å². The summed E-state index contributed by atoms with van der Waals surface area (Å²) in [6, 6.07) is 8.99. The average molecular weight is 394 g/mol. The fraction of sp³-hybridized carbons (Fsp3) is 0.522. The van der Waals surface area contributed by atoms with Crippen molar-refractivity contribution in [3.63, 3.8) is 0 Å². The van der Waals surface area contributed by atoms with Gasteiger partial charge < -0.3 is 15.1 Å². The number of hydrogen-bond acceptors (Lipinski definition) is 5. The van der Waals surface area contributed by atoms with Gasteiger partial charge in [-0.25, -0.2) is 9.97 Å². The number of amides is 1. The molecule has 2 saturated heterocycles. The highest BCUT2D eigenvalue weighted by Crippen LogP contribution is 2.34. The van der Waals surface area contributed by atoms with Gasteiger partial charge in [0.2, 0.25) is 5.91 Å². The molecule has 0 saturated carbocycles. The molecular formula is C23H31N5O. The van der Waals surface area contributed by atoms with Crippen molar-refractivity contribution in [1.29, 1.82) is 0 Å². The summed E-state index contributed by atoms with van der Waals surface area (Å²) in [4.78, 5) is 25.4. The largest absolute Gasteiger partial charge is 0.354 e. The number of aromatic nitrogens is 2. The van der Waals surface area contributed by atoms with Crippen LogP contribution in [-0.2, 0) is 4.79 Å². The second-order valence-electron chi connectivity index (χ2n) is 8.45. The Morgan fingerprint density at radius 2 is 1.90 bits per heavy atom. The number of likely N-dealkylation sites (tertiary alicyclic amines) is 1. The molecule has 1 amide bonds. The zero-order valence-electron chi connectivity index (χ0n) is 17.7. The maximum atomic E-state index is 11.7. The van der Waals surface area contributed by atoms with Crippen LogP contribution in [-0.4, -0.2) is 46.5 Å². The number of nitrogens with one attached hydrogen (secondary N) is 1. The summed E-state index contributed by atoms with van der Waals surface area (Å²) < 4.78 is 0. The summed E-state index contributed by atoms with van der Waals surface area (Å²) in [6.07, 6.45) is 6.25. The molecule has 6 nitrogen and oxygen atoms in total. The third kappa shape index (κ3) is 4.52. The molecule has 2 aromatic rings. The number of piperidine rings is 1. The second-order valence-corrected chi connectivity index (χ2v) is 8.45. The van der Waals surface area contributed by atoms with Crippen LogP contribution in [0.5, 0.6) is 0 Å². The fourth-order valence-corrected chi connectivity index (χ4v) is 4.52. The normalized spacial score (nSPS) is 20.2. The van der Waals surface area contributed by atoms with E-state index in [1.165, 1.54) is 24.0 Å². The van der Waals surface area contributed by atoms with Crippen molar-refractivity contribution < 1.29 is 4.79 Å². The molecule has 0 aromatic carbocycles. The first-order valence-electron chi connectivity index (χ1n) is 10.7. The van der Waals surface area contributed by atoms with Crippen LogP contribution in [0.25, 0.3) is 0 Å². The predicted octanol–water partition coefficient (Wildman–Crippen LogP) is 4.24. The van der Waals surface area contributed by atoms with E-state index in [1.54, 1.807) is 6.92 Å². The standard InChI is InChI=1S/C23H31N5O/c1-16-6-9-24-21(13-16)25-22-14-20(19-7-11-27(12-8-19)18(3)29)15-23(26-22)28-10-4-5-17(28)2/h6,9,13-15,17,19H,4-5,7-8,10-12H2,1-3H3,(H,24,25,26). The molecule has 1 atom stereocenters. The molecule has 2 aliphatic heterocycles. The lowest BCUT2D eigenvalue weighted by atomic mass is 9.89. The first kappa shape index (κ1) is 19.7. The van der Waals surface area contributed by atoms with Crippen molar-refractivity contribution in [2.75, 3.05) is 29.9 Å². The zero-order chi connectivity index (χ0) is 20.4. The van der Waals surface area contributed by atoms with Gasteiger partial charge in [0.15, 0.2) is 0 Å². The minimum Gasteiger partial charge on any atom is -0.354 e. The van der Waals surface area contributed by atoms with Gasteiger partial charge in [0.1, 0.15) is 17.5 Å². The number of carbonyl (C=O) groups excluding carboxylic acids is 1. The first-order chi connectivity index (χ1) is 14.0. The van der Waals surface area contributed by atoms with Gasteiger partial charge in [0.05, 0.1) is 0 Å². The van der Waals surface area contributed by atoms with Gasteiger partial charge in [0.25, 0.3) is 0 Å². The summed E-state index contributed by atoms with van der Waals surface area (Å²) in [5.74, 6) is 3.36. The molecule has 4 rings (SSSR count). The molecule has 1 N–H and O–H groups in total. The second kappa shape index (κ2) is 8.39. The number of nitrogens with zero attached hydrogens (tertiary/aromatic N) is 4. The number of anilines is 3. The van der Waals surface area contributed by atoms with Crippen LogP contribution >= 0.6 is 0 Å². The van der Waals surface area contributed by atoms with E-state index in [9.17, 15) is 4.79 Å². The van der Waals surface area contributed by atoms with Gasteiger partial charge in [-0.1, -0.05) is 0 Å². The van der Waals surface area contributed by atoms with Crippen molar-refractivity contribution in [2.24, 2.45) is 0 Å². The van der Waals surface area contributed by atoms with Crippen LogP contribution in [0.2, 0.25) is 0 Å².